The maximum absolute atomic E-state index is 13.5. The minimum atomic E-state index is -0.0889. The van der Waals surface area contributed by atoms with Crippen LogP contribution in [0, 0.1) is 23.2 Å². The molecule has 0 heterocycles. The number of rotatable bonds is 2. The highest BCUT2D eigenvalue weighted by molar-refractivity contribution is 5.96. The van der Waals surface area contributed by atoms with E-state index in [1.165, 1.54) is 30.4 Å². The number of amides is 1. The lowest BCUT2D eigenvalue weighted by Gasteiger charge is -2.55. The fourth-order valence-electron chi connectivity index (χ4n) is 6.22. The van der Waals surface area contributed by atoms with Crippen LogP contribution in [-0.4, -0.2) is 5.91 Å². The van der Waals surface area contributed by atoms with E-state index < -0.39 is 0 Å². The van der Waals surface area contributed by atoms with Gasteiger partial charge in [-0.3, -0.25) is 4.79 Å². The Morgan fingerprint density at radius 1 is 0.815 bits per heavy atom. The maximum Gasteiger partial charge on any atom is 0.230 e. The van der Waals surface area contributed by atoms with E-state index >= 15 is 0 Å². The number of anilines is 1. The fourth-order valence-corrected chi connectivity index (χ4v) is 6.22. The third-order valence-corrected chi connectivity index (χ3v) is 7.44. The molecule has 4 bridgehead atoms. The highest BCUT2D eigenvalue weighted by Crippen LogP contribution is 2.60. The molecule has 0 spiro atoms. The van der Waals surface area contributed by atoms with Crippen molar-refractivity contribution >= 4 is 11.6 Å². The summed E-state index contributed by atoms with van der Waals surface area (Å²) >= 11 is 0. The van der Waals surface area contributed by atoms with Crippen molar-refractivity contribution < 1.29 is 4.79 Å². The Hall–Kier alpha value is -1.31. The maximum atomic E-state index is 13.5. The van der Waals surface area contributed by atoms with Gasteiger partial charge < -0.3 is 5.32 Å². The second-order valence-electron chi connectivity index (χ2n) is 12.0. The quantitative estimate of drug-likeness (QED) is 0.640. The number of nitrogens with one attached hydrogen (secondary N) is 1. The summed E-state index contributed by atoms with van der Waals surface area (Å²) in [6, 6.07) is 6.72. The molecule has 0 atom stereocenters. The Bertz CT molecular complexity index is 679. The molecular weight excluding hydrogens is 330 g/mol. The molecule has 5 rings (SSSR count). The van der Waals surface area contributed by atoms with Gasteiger partial charge in [0.25, 0.3) is 0 Å². The molecule has 4 saturated carbocycles. The predicted molar refractivity (Wildman–Crippen MR) is 113 cm³/mol. The summed E-state index contributed by atoms with van der Waals surface area (Å²) in [4.78, 5) is 13.5. The lowest BCUT2D eigenvalue weighted by atomic mass is 9.49. The van der Waals surface area contributed by atoms with Crippen LogP contribution in [0.25, 0.3) is 0 Å². The van der Waals surface area contributed by atoms with Gasteiger partial charge in [-0.1, -0.05) is 47.6 Å². The predicted octanol–water partition coefficient (Wildman–Crippen LogP) is 6.44. The van der Waals surface area contributed by atoms with Crippen molar-refractivity contribution in [1.29, 1.82) is 0 Å². The zero-order valence-corrected chi connectivity index (χ0v) is 18.1. The van der Waals surface area contributed by atoms with E-state index in [9.17, 15) is 4.79 Å². The van der Waals surface area contributed by atoms with Crippen LogP contribution in [0.4, 0.5) is 5.69 Å². The molecule has 27 heavy (non-hydrogen) atoms. The largest absolute Gasteiger partial charge is 0.326 e. The normalized spacial score (nSPS) is 32.6. The van der Waals surface area contributed by atoms with Crippen LogP contribution >= 0.6 is 0 Å². The molecule has 148 valence electrons. The van der Waals surface area contributed by atoms with Crippen LogP contribution in [-0.2, 0) is 15.6 Å². The minimum Gasteiger partial charge on any atom is -0.326 e. The van der Waals surface area contributed by atoms with Crippen molar-refractivity contribution in [1.82, 2.24) is 0 Å². The lowest BCUT2D eigenvalue weighted by Crippen LogP contribution is -2.51. The van der Waals surface area contributed by atoms with E-state index in [0.717, 1.165) is 42.7 Å². The van der Waals surface area contributed by atoms with Gasteiger partial charge in [0.1, 0.15) is 0 Å². The Labute approximate surface area is 165 Å². The average molecular weight is 368 g/mol. The molecule has 0 unspecified atom stereocenters. The third kappa shape index (κ3) is 3.57. The Morgan fingerprint density at radius 2 is 1.22 bits per heavy atom. The number of benzene rings is 1. The molecule has 2 heteroatoms. The van der Waals surface area contributed by atoms with Crippen molar-refractivity contribution in [2.24, 2.45) is 23.2 Å². The SMILES string of the molecule is CC(C)(C)c1cc(NC(=O)C23CC4CC(CC(C4)C2)C3)cc(C(C)(C)C)c1. The van der Waals surface area contributed by atoms with Gasteiger partial charge in [-0.25, -0.2) is 0 Å². The van der Waals surface area contributed by atoms with Gasteiger partial charge >= 0.3 is 0 Å². The molecule has 0 saturated heterocycles. The summed E-state index contributed by atoms with van der Waals surface area (Å²) in [5, 5.41) is 3.38. The van der Waals surface area contributed by atoms with E-state index in [1.807, 2.05) is 0 Å². The van der Waals surface area contributed by atoms with Crippen LogP contribution in [0.15, 0.2) is 18.2 Å². The molecule has 1 amide bonds. The van der Waals surface area contributed by atoms with Gasteiger partial charge in [0.15, 0.2) is 0 Å². The number of hydrogen-bond donors (Lipinski definition) is 1. The van der Waals surface area contributed by atoms with Crippen LogP contribution in [0.2, 0.25) is 0 Å². The fraction of sp³-hybridized carbons (Fsp3) is 0.720. The molecule has 1 N–H and O–H groups in total. The van der Waals surface area contributed by atoms with E-state index in [-0.39, 0.29) is 16.2 Å². The van der Waals surface area contributed by atoms with Crippen molar-refractivity contribution in [2.75, 3.05) is 5.32 Å². The molecule has 0 aromatic heterocycles. The molecule has 1 aromatic rings. The van der Waals surface area contributed by atoms with Crippen molar-refractivity contribution in [3.05, 3.63) is 29.3 Å². The first-order chi connectivity index (χ1) is 12.4. The zero-order chi connectivity index (χ0) is 19.6. The zero-order valence-electron chi connectivity index (χ0n) is 18.1. The lowest BCUT2D eigenvalue weighted by molar-refractivity contribution is -0.140. The third-order valence-electron chi connectivity index (χ3n) is 7.44. The van der Waals surface area contributed by atoms with Crippen LogP contribution < -0.4 is 5.32 Å². The minimum absolute atomic E-state index is 0.0709. The van der Waals surface area contributed by atoms with Gasteiger partial charge in [0, 0.05) is 5.69 Å². The Balaban J connectivity index is 1.63. The summed E-state index contributed by atoms with van der Waals surface area (Å²) < 4.78 is 0. The molecular formula is C25H37NO. The smallest absolute Gasteiger partial charge is 0.230 e. The van der Waals surface area contributed by atoms with Gasteiger partial charge in [-0.15, -0.1) is 0 Å². The summed E-state index contributed by atoms with van der Waals surface area (Å²) in [6.07, 6.45) is 7.49. The van der Waals surface area contributed by atoms with Gasteiger partial charge in [-0.05, 0) is 90.4 Å². The molecule has 2 nitrogen and oxygen atoms in total. The number of carbonyl (C=O) groups is 1. The summed E-state index contributed by atoms with van der Waals surface area (Å²) in [6.45, 7) is 13.5. The second kappa shape index (κ2) is 6.09. The van der Waals surface area contributed by atoms with E-state index in [1.54, 1.807) is 0 Å². The number of carbonyl (C=O) groups excluding carboxylic acids is 1. The Kier molecular flexibility index (Phi) is 4.29. The number of hydrogen-bond acceptors (Lipinski definition) is 1. The van der Waals surface area contributed by atoms with Gasteiger partial charge in [0.05, 0.1) is 5.41 Å². The van der Waals surface area contributed by atoms with E-state index in [0.29, 0.717) is 5.91 Å². The summed E-state index contributed by atoms with van der Waals surface area (Å²) in [7, 11) is 0. The van der Waals surface area contributed by atoms with Gasteiger partial charge in [0.2, 0.25) is 5.91 Å². The monoisotopic (exact) mass is 367 g/mol. The molecule has 4 aliphatic rings. The van der Waals surface area contributed by atoms with Gasteiger partial charge in [-0.2, -0.15) is 0 Å². The molecule has 0 radical (unpaired) electrons. The highest BCUT2D eigenvalue weighted by atomic mass is 16.2. The molecule has 1 aromatic carbocycles. The highest BCUT2D eigenvalue weighted by Gasteiger charge is 2.54. The van der Waals surface area contributed by atoms with Crippen LogP contribution in [0.3, 0.4) is 0 Å². The first kappa shape index (κ1) is 19.0. The first-order valence-corrected chi connectivity index (χ1v) is 10.9. The average Bonchev–Trinajstić information content (AvgIpc) is 2.51. The van der Waals surface area contributed by atoms with Crippen molar-refractivity contribution in [3.63, 3.8) is 0 Å². The van der Waals surface area contributed by atoms with E-state index in [2.05, 4.69) is 65.1 Å². The van der Waals surface area contributed by atoms with Crippen LogP contribution in [0.1, 0.15) is 91.2 Å². The van der Waals surface area contributed by atoms with Crippen LogP contribution in [0.5, 0.6) is 0 Å². The molecule has 0 aliphatic heterocycles. The standard InChI is InChI=1S/C25H37NO/c1-23(2,3)19-10-20(24(4,5)6)12-21(11-19)26-22(27)25-13-16-7-17(14-25)9-18(8-16)15-25/h10-12,16-18H,7-9,13-15H2,1-6H3,(H,26,27). The summed E-state index contributed by atoms with van der Waals surface area (Å²) in [5.74, 6) is 2.70. The first-order valence-electron chi connectivity index (χ1n) is 10.9. The van der Waals surface area contributed by atoms with Crippen molar-refractivity contribution in [2.45, 2.75) is 90.9 Å². The Morgan fingerprint density at radius 3 is 1.59 bits per heavy atom. The topological polar surface area (TPSA) is 29.1 Å². The van der Waals surface area contributed by atoms with E-state index in [4.69, 9.17) is 0 Å². The van der Waals surface area contributed by atoms with Crippen molar-refractivity contribution in [3.8, 4) is 0 Å². The summed E-state index contributed by atoms with van der Waals surface area (Å²) in [5.41, 5.74) is 3.65. The second-order valence-corrected chi connectivity index (χ2v) is 12.0. The molecule has 4 fully saturated rings. The molecule has 4 aliphatic carbocycles.